The highest BCUT2D eigenvalue weighted by Gasteiger charge is 2.55. The number of aliphatic hydroxyl groups is 4. The van der Waals surface area contributed by atoms with E-state index < -0.39 is 75.0 Å². The largest absolute Gasteiger partial charge is 0.394 e. The Labute approximate surface area is 229 Å². The van der Waals surface area contributed by atoms with E-state index in [1.54, 1.807) is 0 Å². The molecule has 0 bridgehead atoms. The molecular weight excluding hydrogens is 567 g/mol. The van der Waals surface area contributed by atoms with Crippen LogP contribution >= 0.6 is 7.60 Å². The predicted octanol–water partition coefficient (Wildman–Crippen LogP) is -2.02. The van der Waals surface area contributed by atoms with Crippen LogP contribution in [0, 0.1) is 0 Å². The summed E-state index contributed by atoms with van der Waals surface area (Å²) in [7, 11) is -4.69. The van der Waals surface area contributed by atoms with Gasteiger partial charge >= 0.3 is 7.60 Å². The van der Waals surface area contributed by atoms with Crippen LogP contribution < -0.4 is 11.3 Å². The van der Waals surface area contributed by atoms with Gasteiger partial charge in [-0.15, -0.1) is 0 Å². The Bertz CT molecular complexity index is 1680. The molecule has 0 aliphatic carbocycles. The summed E-state index contributed by atoms with van der Waals surface area (Å²) in [6.45, 7) is -1.07. The van der Waals surface area contributed by atoms with E-state index >= 15 is 0 Å². The highest BCUT2D eigenvalue weighted by atomic mass is 31.2. The van der Waals surface area contributed by atoms with Crippen molar-refractivity contribution >= 4 is 35.6 Å². The van der Waals surface area contributed by atoms with Crippen molar-refractivity contribution in [3.05, 3.63) is 41.6 Å². The second-order valence-corrected chi connectivity index (χ2v) is 11.7. The van der Waals surface area contributed by atoms with E-state index in [0.29, 0.717) is 0 Å². The van der Waals surface area contributed by atoms with E-state index in [9.17, 15) is 34.7 Å². The van der Waals surface area contributed by atoms with Gasteiger partial charge in [0.05, 0.1) is 37.5 Å². The van der Waals surface area contributed by atoms with Crippen LogP contribution in [0.2, 0.25) is 0 Å². The fourth-order valence-corrected chi connectivity index (χ4v) is 6.93. The summed E-state index contributed by atoms with van der Waals surface area (Å²) in [6, 6.07) is 1.51. The van der Waals surface area contributed by atoms with Crippen molar-refractivity contribution in [3.8, 4) is 0 Å². The molecule has 0 radical (unpaired) electrons. The maximum Gasteiger partial charge on any atom is 0.338 e. The lowest BCUT2D eigenvalue weighted by atomic mass is 10.1. The van der Waals surface area contributed by atoms with Crippen LogP contribution in [0.1, 0.15) is 18.9 Å². The van der Waals surface area contributed by atoms with Crippen LogP contribution in [0.4, 0.5) is 5.82 Å². The highest BCUT2D eigenvalue weighted by molar-refractivity contribution is 7.53. The molecule has 18 nitrogen and oxygen atoms in total. The van der Waals surface area contributed by atoms with E-state index in [2.05, 4.69) is 24.9 Å². The first-order chi connectivity index (χ1) is 19.6. The molecule has 2 saturated heterocycles. The number of fused-ring (bicyclic) bond motifs is 2. The Morgan fingerprint density at radius 2 is 1.73 bits per heavy atom. The number of nitrogens with one attached hydrogen (secondary N) is 1. The van der Waals surface area contributed by atoms with Crippen LogP contribution in [0.5, 0.6) is 0 Å². The molecule has 4 aromatic heterocycles. The molecule has 41 heavy (non-hydrogen) atoms. The van der Waals surface area contributed by atoms with Crippen molar-refractivity contribution in [1.82, 2.24) is 34.1 Å². The van der Waals surface area contributed by atoms with Gasteiger partial charge in [-0.2, -0.15) is 0 Å². The number of nitrogen functional groups attached to an aromatic ring is 1. The lowest BCUT2D eigenvalue weighted by Crippen LogP contribution is -2.34. The van der Waals surface area contributed by atoms with Crippen molar-refractivity contribution in [2.75, 3.05) is 18.9 Å². The number of aromatic nitrogens is 7. The summed E-state index contributed by atoms with van der Waals surface area (Å²) in [5.41, 5.74) is 4.64. The number of ether oxygens (including phenoxy) is 2. The minimum absolute atomic E-state index is 0.0470. The van der Waals surface area contributed by atoms with Crippen LogP contribution in [0.25, 0.3) is 22.2 Å². The zero-order valence-electron chi connectivity index (χ0n) is 21.1. The fourth-order valence-electron chi connectivity index (χ4n) is 5.28. The Morgan fingerprint density at radius 3 is 2.51 bits per heavy atom. The van der Waals surface area contributed by atoms with Crippen molar-refractivity contribution in [2.45, 2.75) is 55.1 Å². The van der Waals surface area contributed by atoms with E-state index in [4.69, 9.17) is 19.7 Å². The lowest BCUT2D eigenvalue weighted by Gasteiger charge is -2.26. The van der Waals surface area contributed by atoms with E-state index in [-0.39, 0.29) is 34.4 Å². The monoisotopic (exact) mass is 594 g/mol. The standard InChI is InChI=1S/C22H27N8O10P/c23-18-13-19(26-6-25-18)30(8-28-13)21-16(34)14(32)10(39-21)2-4-38-41(36,37)17-15(33)11(5-31)40-22(17)29-7-27-12-9(29)1-3-24-20(12)35/h1,3,6-8,10-11,14-17,21-22,31-34H,2,4-5H2,(H,24,35)(H,36,37)(H2,23,25,26)/t10-,11-,14-,15-,16-,17-,21-,22-/m1/s1. The molecule has 9 atom stereocenters. The number of aliphatic hydroxyl groups excluding tert-OH is 4. The molecule has 2 aliphatic rings. The van der Waals surface area contributed by atoms with Crippen LogP contribution in [0.3, 0.4) is 0 Å². The normalized spacial score (nSPS) is 31.7. The van der Waals surface area contributed by atoms with Crippen molar-refractivity contribution in [3.63, 3.8) is 0 Å². The first-order valence-electron chi connectivity index (χ1n) is 12.5. The first-order valence-corrected chi connectivity index (χ1v) is 14.2. The average Bonchev–Trinajstić information content (AvgIpc) is 3.70. The van der Waals surface area contributed by atoms with Gasteiger partial charge in [-0.25, -0.2) is 19.9 Å². The maximum atomic E-state index is 13.5. The molecule has 6 heterocycles. The second kappa shape index (κ2) is 10.5. The Balaban J connectivity index is 1.18. The van der Waals surface area contributed by atoms with E-state index in [1.807, 2.05) is 0 Å². The number of nitrogens with two attached hydrogens (primary N) is 1. The summed E-state index contributed by atoms with van der Waals surface area (Å²) in [4.78, 5) is 41.7. The topological polar surface area (TPSA) is 266 Å². The molecule has 19 heteroatoms. The molecule has 2 aliphatic heterocycles. The van der Waals surface area contributed by atoms with Crippen LogP contribution in [-0.2, 0) is 18.6 Å². The number of aromatic amines is 1. The molecule has 2 fully saturated rings. The number of hydrogen-bond donors (Lipinski definition) is 7. The average molecular weight is 594 g/mol. The molecule has 6 rings (SSSR count). The summed E-state index contributed by atoms with van der Waals surface area (Å²) < 4.78 is 33.1. The van der Waals surface area contributed by atoms with Gasteiger partial charge < -0.3 is 54.6 Å². The zero-order chi connectivity index (χ0) is 29.1. The minimum atomic E-state index is -4.69. The summed E-state index contributed by atoms with van der Waals surface area (Å²) in [6.07, 6.45) is -3.99. The molecule has 4 aromatic rings. The molecule has 0 saturated carbocycles. The van der Waals surface area contributed by atoms with Crippen LogP contribution in [0.15, 0.2) is 36.0 Å². The maximum absolute atomic E-state index is 13.5. The van der Waals surface area contributed by atoms with Gasteiger partial charge in [0, 0.05) is 12.6 Å². The molecule has 0 spiro atoms. The first kappa shape index (κ1) is 27.8. The number of nitrogens with zero attached hydrogens (tertiary/aromatic N) is 6. The number of pyridine rings is 1. The predicted molar refractivity (Wildman–Crippen MR) is 137 cm³/mol. The van der Waals surface area contributed by atoms with Gasteiger partial charge in [0.1, 0.15) is 41.9 Å². The van der Waals surface area contributed by atoms with Crippen molar-refractivity contribution in [1.29, 1.82) is 0 Å². The van der Waals surface area contributed by atoms with Crippen LogP contribution in [-0.4, -0.2) is 109 Å². The number of hydrogen-bond acceptors (Lipinski definition) is 14. The third-order valence-corrected chi connectivity index (χ3v) is 9.21. The summed E-state index contributed by atoms with van der Waals surface area (Å²) in [5.74, 6) is 0.126. The smallest absolute Gasteiger partial charge is 0.338 e. The molecule has 1 unspecified atom stereocenters. The van der Waals surface area contributed by atoms with Gasteiger partial charge in [0.2, 0.25) is 0 Å². The van der Waals surface area contributed by atoms with Crippen molar-refractivity contribution < 1.29 is 43.9 Å². The van der Waals surface area contributed by atoms with Gasteiger partial charge in [-0.3, -0.25) is 13.9 Å². The molecule has 0 aromatic carbocycles. The summed E-state index contributed by atoms with van der Waals surface area (Å²) in [5, 5.41) is 41.7. The quantitative estimate of drug-likeness (QED) is 0.109. The lowest BCUT2D eigenvalue weighted by molar-refractivity contribution is -0.0433. The Morgan fingerprint density at radius 1 is 1.00 bits per heavy atom. The fraction of sp³-hybridized carbons (Fsp3) is 0.500. The number of H-pyrrole nitrogens is 1. The molecule has 220 valence electrons. The SMILES string of the molecule is Nc1ncnc2c1ncn2[C@@H]1O[C@H](CCOP(=O)(O)[C@@H]2[C@H](O)[C@@H](CO)O[C@H]2n2cnc3c(=O)[nH]ccc32)[C@@H](O)[C@H]1O. The summed E-state index contributed by atoms with van der Waals surface area (Å²) >= 11 is 0. The highest BCUT2D eigenvalue weighted by Crippen LogP contribution is 2.57. The Kier molecular flexibility index (Phi) is 7.13. The minimum Gasteiger partial charge on any atom is -0.394 e. The Hall–Kier alpha value is -3.32. The van der Waals surface area contributed by atoms with Crippen molar-refractivity contribution in [2.24, 2.45) is 0 Å². The van der Waals surface area contributed by atoms with E-state index in [1.165, 1.54) is 40.4 Å². The van der Waals surface area contributed by atoms with Gasteiger partial charge in [-0.1, -0.05) is 0 Å². The van der Waals surface area contributed by atoms with Gasteiger partial charge in [-0.05, 0) is 6.07 Å². The third-order valence-electron chi connectivity index (χ3n) is 7.35. The molecular formula is C22H27N8O10P. The molecule has 8 N–H and O–H groups in total. The third kappa shape index (κ3) is 4.62. The zero-order valence-corrected chi connectivity index (χ0v) is 22.0. The number of anilines is 1. The molecule has 0 amide bonds. The van der Waals surface area contributed by atoms with Gasteiger partial charge in [0.15, 0.2) is 29.4 Å². The van der Waals surface area contributed by atoms with Gasteiger partial charge in [0.25, 0.3) is 5.56 Å². The second-order valence-electron chi connectivity index (χ2n) is 9.74. The number of imidazole rings is 2. The van der Waals surface area contributed by atoms with E-state index in [0.717, 1.165) is 0 Å². The number of rotatable bonds is 8.